The van der Waals surface area contributed by atoms with E-state index in [2.05, 4.69) is 52.5 Å². The third-order valence-corrected chi connectivity index (χ3v) is 6.19. The monoisotopic (exact) mass is 433 g/mol. The predicted octanol–water partition coefficient (Wildman–Crippen LogP) is 3.05. The maximum absolute atomic E-state index is 6.16. The summed E-state index contributed by atoms with van der Waals surface area (Å²) in [5, 5.41) is 7.96. The van der Waals surface area contributed by atoms with Gasteiger partial charge in [-0.25, -0.2) is 0 Å². The first-order valence-electron chi connectivity index (χ1n) is 10.8. The number of nitrogens with two attached hydrogens (primary N) is 1. The highest BCUT2D eigenvalue weighted by molar-refractivity contribution is 5.78. The summed E-state index contributed by atoms with van der Waals surface area (Å²) in [6.45, 7) is 1.80. The summed E-state index contributed by atoms with van der Waals surface area (Å²) in [6.07, 6.45) is 3.55. The molecule has 2 N–H and O–H groups in total. The molecule has 166 valence electrons. The lowest BCUT2D eigenvalue weighted by Gasteiger charge is -2.30. The van der Waals surface area contributed by atoms with Gasteiger partial charge in [0.2, 0.25) is 11.8 Å². The van der Waals surface area contributed by atoms with Gasteiger partial charge in [0.1, 0.15) is 12.4 Å². The first-order valence-corrected chi connectivity index (χ1v) is 10.8. The molecule has 1 fully saturated rings. The Morgan fingerprint density at radius 3 is 2.88 bits per heavy atom. The maximum Gasteiger partial charge on any atom is 0.233 e. The highest BCUT2D eigenvalue weighted by Crippen LogP contribution is 2.39. The third kappa shape index (κ3) is 3.99. The summed E-state index contributed by atoms with van der Waals surface area (Å²) in [5.41, 5.74) is 11.4. The van der Waals surface area contributed by atoms with Crippen molar-refractivity contribution in [2.75, 3.05) is 32.3 Å². The molecule has 0 unspecified atom stereocenters. The van der Waals surface area contributed by atoms with Crippen LogP contribution >= 0.6 is 0 Å². The second-order valence-electron chi connectivity index (χ2n) is 8.29. The molecular weight excluding hydrogens is 406 g/mol. The molecule has 32 heavy (non-hydrogen) atoms. The van der Waals surface area contributed by atoms with Gasteiger partial charge in [0.25, 0.3) is 0 Å². The Morgan fingerprint density at radius 2 is 2.00 bits per heavy atom. The van der Waals surface area contributed by atoms with Crippen LogP contribution in [0, 0.1) is 0 Å². The van der Waals surface area contributed by atoms with Crippen molar-refractivity contribution in [3.63, 3.8) is 0 Å². The van der Waals surface area contributed by atoms with Crippen molar-refractivity contribution in [2.24, 2.45) is 5.73 Å². The molecule has 0 bridgehead atoms. The zero-order valence-corrected chi connectivity index (χ0v) is 18.3. The van der Waals surface area contributed by atoms with Crippen LogP contribution in [0.5, 0.6) is 11.8 Å². The Kier molecular flexibility index (Phi) is 5.63. The molecule has 0 radical (unpaired) electrons. The van der Waals surface area contributed by atoms with Crippen molar-refractivity contribution < 1.29 is 14.2 Å². The molecule has 3 aromatic rings. The minimum absolute atomic E-state index is 0.0514. The highest BCUT2D eigenvalue weighted by Gasteiger charge is 2.25. The summed E-state index contributed by atoms with van der Waals surface area (Å²) in [6, 6.07) is 12.7. The SMILES string of the molecule is COc1cc(-c2ccc3c(c2)COc2nc(N(C)[C@H]4CCOC[C@@H](N)C4)ccc2-3)cnn1. The topological polar surface area (TPSA) is 95.6 Å². The summed E-state index contributed by atoms with van der Waals surface area (Å²) in [4.78, 5) is 7.03. The summed E-state index contributed by atoms with van der Waals surface area (Å²) >= 11 is 0. The Hall–Kier alpha value is -3.23. The van der Waals surface area contributed by atoms with Crippen molar-refractivity contribution in [3.8, 4) is 34.0 Å². The first-order chi connectivity index (χ1) is 15.6. The van der Waals surface area contributed by atoms with Crippen LogP contribution in [-0.4, -0.2) is 54.6 Å². The molecule has 4 heterocycles. The Labute approximate surface area is 187 Å². The molecule has 0 amide bonds. The van der Waals surface area contributed by atoms with E-state index in [9.17, 15) is 0 Å². The minimum atomic E-state index is 0.0514. The van der Waals surface area contributed by atoms with Crippen LogP contribution in [0.3, 0.4) is 0 Å². The zero-order chi connectivity index (χ0) is 22.1. The number of fused-ring (bicyclic) bond motifs is 3. The summed E-state index contributed by atoms with van der Waals surface area (Å²) in [7, 11) is 3.65. The zero-order valence-electron chi connectivity index (χ0n) is 18.3. The van der Waals surface area contributed by atoms with E-state index in [1.807, 2.05) is 6.07 Å². The number of rotatable bonds is 4. The van der Waals surface area contributed by atoms with Crippen LogP contribution in [0.1, 0.15) is 18.4 Å². The van der Waals surface area contributed by atoms with Gasteiger partial charge in [-0.1, -0.05) is 12.1 Å². The molecule has 5 rings (SSSR count). The predicted molar refractivity (Wildman–Crippen MR) is 122 cm³/mol. The fourth-order valence-corrected chi connectivity index (χ4v) is 4.38. The van der Waals surface area contributed by atoms with E-state index in [4.69, 9.17) is 24.9 Å². The van der Waals surface area contributed by atoms with Crippen LogP contribution in [0.4, 0.5) is 5.82 Å². The number of aromatic nitrogens is 3. The molecule has 2 aromatic heterocycles. The largest absolute Gasteiger partial charge is 0.480 e. The average Bonchev–Trinajstić information content (AvgIpc) is 3.07. The van der Waals surface area contributed by atoms with E-state index in [1.54, 1.807) is 13.3 Å². The minimum Gasteiger partial charge on any atom is -0.480 e. The lowest BCUT2D eigenvalue weighted by Crippen LogP contribution is -2.37. The van der Waals surface area contributed by atoms with Crippen LogP contribution in [0.15, 0.2) is 42.6 Å². The van der Waals surface area contributed by atoms with E-state index in [0.717, 1.165) is 53.1 Å². The van der Waals surface area contributed by atoms with Crippen molar-refractivity contribution in [3.05, 3.63) is 48.2 Å². The molecule has 1 saturated heterocycles. The van der Waals surface area contributed by atoms with E-state index in [0.29, 0.717) is 31.0 Å². The number of pyridine rings is 1. The second-order valence-corrected chi connectivity index (χ2v) is 8.29. The van der Waals surface area contributed by atoms with Gasteiger partial charge in [-0.05, 0) is 47.7 Å². The molecule has 0 saturated carbocycles. The smallest absolute Gasteiger partial charge is 0.233 e. The fraction of sp³-hybridized carbons (Fsp3) is 0.375. The van der Waals surface area contributed by atoms with Crippen molar-refractivity contribution in [1.82, 2.24) is 15.2 Å². The van der Waals surface area contributed by atoms with E-state index < -0.39 is 0 Å². The van der Waals surface area contributed by atoms with Gasteiger partial charge in [0.15, 0.2) is 0 Å². The number of methoxy groups -OCH3 is 1. The van der Waals surface area contributed by atoms with E-state index in [1.165, 1.54) is 0 Å². The standard InChI is InChI=1S/C24H27N5O3/c1-29(19-7-8-31-14-18(25)11-19)22-6-5-21-20-4-3-15(9-17(20)13-32-24(21)27-22)16-10-23(30-2)28-26-12-16/h3-6,9-10,12,18-19H,7-8,11,13-14,25H2,1-2H3/t18-,19-/m0/s1. The molecule has 0 spiro atoms. The maximum atomic E-state index is 6.16. The number of hydrogen-bond acceptors (Lipinski definition) is 8. The van der Waals surface area contributed by atoms with Crippen LogP contribution in [0.2, 0.25) is 0 Å². The summed E-state index contributed by atoms with van der Waals surface area (Å²) in [5.74, 6) is 2.04. The van der Waals surface area contributed by atoms with Gasteiger partial charge in [0, 0.05) is 42.9 Å². The molecular formula is C24H27N5O3. The normalized spacial score (nSPS) is 19.8. The van der Waals surface area contributed by atoms with Gasteiger partial charge in [-0.3, -0.25) is 0 Å². The van der Waals surface area contributed by atoms with Crippen molar-refractivity contribution in [2.45, 2.75) is 31.5 Å². The first kappa shape index (κ1) is 20.7. The van der Waals surface area contributed by atoms with Crippen LogP contribution in [0.25, 0.3) is 22.3 Å². The number of ether oxygens (including phenoxy) is 3. The van der Waals surface area contributed by atoms with Crippen LogP contribution in [-0.2, 0) is 11.3 Å². The lowest BCUT2D eigenvalue weighted by molar-refractivity contribution is 0.134. The molecule has 2 aliphatic heterocycles. The molecule has 2 atom stereocenters. The number of nitrogens with zero attached hydrogens (tertiary/aromatic N) is 4. The molecule has 0 aliphatic carbocycles. The van der Waals surface area contributed by atoms with Gasteiger partial charge in [-0.2, -0.15) is 10.1 Å². The molecule has 8 nitrogen and oxygen atoms in total. The van der Waals surface area contributed by atoms with Gasteiger partial charge >= 0.3 is 0 Å². The van der Waals surface area contributed by atoms with Crippen molar-refractivity contribution in [1.29, 1.82) is 0 Å². The molecule has 2 aliphatic rings. The Balaban J connectivity index is 1.42. The number of hydrogen-bond donors (Lipinski definition) is 1. The van der Waals surface area contributed by atoms with E-state index >= 15 is 0 Å². The third-order valence-electron chi connectivity index (χ3n) is 6.19. The van der Waals surface area contributed by atoms with Gasteiger partial charge in [0.05, 0.1) is 19.9 Å². The summed E-state index contributed by atoms with van der Waals surface area (Å²) < 4.78 is 16.9. The van der Waals surface area contributed by atoms with E-state index in [-0.39, 0.29) is 6.04 Å². The average molecular weight is 434 g/mol. The second kappa shape index (κ2) is 8.72. The quantitative estimate of drug-likeness (QED) is 0.671. The van der Waals surface area contributed by atoms with Crippen molar-refractivity contribution >= 4 is 5.82 Å². The number of anilines is 1. The lowest BCUT2D eigenvalue weighted by atomic mass is 9.95. The number of benzene rings is 1. The Morgan fingerprint density at radius 1 is 1.12 bits per heavy atom. The van der Waals surface area contributed by atoms with Crippen LogP contribution < -0.4 is 20.1 Å². The molecule has 8 heteroatoms. The Bertz CT molecular complexity index is 1120. The highest BCUT2D eigenvalue weighted by atomic mass is 16.5. The fourth-order valence-electron chi connectivity index (χ4n) is 4.38. The van der Waals surface area contributed by atoms with Gasteiger partial charge in [-0.15, -0.1) is 5.10 Å². The van der Waals surface area contributed by atoms with Gasteiger partial charge < -0.3 is 24.8 Å². The molecule has 1 aromatic carbocycles.